The van der Waals surface area contributed by atoms with E-state index in [2.05, 4.69) is 9.72 Å². The van der Waals surface area contributed by atoms with Crippen LogP contribution in [0.3, 0.4) is 0 Å². The summed E-state index contributed by atoms with van der Waals surface area (Å²) in [6, 6.07) is 0. The van der Waals surface area contributed by atoms with Crippen LogP contribution in [0.4, 0.5) is 13.2 Å². The van der Waals surface area contributed by atoms with Crippen LogP contribution in [0.1, 0.15) is 5.56 Å². The van der Waals surface area contributed by atoms with E-state index in [9.17, 15) is 18.0 Å². The van der Waals surface area contributed by atoms with Gasteiger partial charge in [0.25, 0.3) is 0 Å². The molecule has 0 unspecified atom stereocenters. The zero-order chi connectivity index (χ0) is 10.8. The molecular formula is C7H5ClF3NO2. The smallest absolute Gasteiger partial charge is 0.400 e. The summed E-state index contributed by atoms with van der Waals surface area (Å²) in [6.45, 7) is 0. The van der Waals surface area contributed by atoms with Gasteiger partial charge >= 0.3 is 6.36 Å². The Balaban J connectivity index is 3.05. The first-order valence-electron chi connectivity index (χ1n) is 3.45. The Morgan fingerprint density at radius 1 is 1.43 bits per heavy atom. The van der Waals surface area contributed by atoms with Crippen molar-refractivity contribution in [2.75, 3.05) is 0 Å². The van der Waals surface area contributed by atoms with E-state index < -0.39 is 17.5 Å². The number of rotatable bonds is 2. The highest BCUT2D eigenvalue weighted by Crippen LogP contribution is 2.19. The lowest BCUT2D eigenvalue weighted by atomic mass is 10.3. The third-order valence-electron chi connectivity index (χ3n) is 1.36. The van der Waals surface area contributed by atoms with Crippen molar-refractivity contribution in [3.63, 3.8) is 0 Å². The molecule has 1 rings (SSSR count). The third-order valence-corrected chi connectivity index (χ3v) is 1.65. The first-order valence-corrected chi connectivity index (χ1v) is 3.99. The van der Waals surface area contributed by atoms with E-state index in [1.165, 1.54) is 6.20 Å². The molecule has 0 radical (unpaired) electrons. The van der Waals surface area contributed by atoms with Crippen molar-refractivity contribution in [3.05, 3.63) is 28.2 Å². The van der Waals surface area contributed by atoms with E-state index in [0.29, 0.717) is 0 Å². The largest absolute Gasteiger partial charge is 0.573 e. The lowest BCUT2D eigenvalue weighted by molar-refractivity contribution is -0.275. The number of alkyl halides is 4. The van der Waals surface area contributed by atoms with Crippen LogP contribution in [-0.4, -0.2) is 11.3 Å². The molecule has 0 saturated heterocycles. The second-order valence-electron chi connectivity index (χ2n) is 2.36. The molecule has 0 saturated carbocycles. The first kappa shape index (κ1) is 10.9. The minimum absolute atomic E-state index is 0.0217. The molecule has 1 aromatic rings. The van der Waals surface area contributed by atoms with Gasteiger partial charge in [-0.1, -0.05) is 0 Å². The molecule has 0 aromatic carbocycles. The van der Waals surface area contributed by atoms with Crippen LogP contribution in [0.5, 0.6) is 5.75 Å². The molecule has 0 bridgehead atoms. The van der Waals surface area contributed by atoms with Crippen LogP contribution in [0.25, 0.3) is 0 Å². The number of aromatic nitrogens is 1. The molecule has 7 heteroatoms. The fraction of sp³-hybridized carbons (Fsp3) is 0.286. The zero-order valence-electron chi connectivity index (χ0n) is 6.69. The maximum atomic E-state index is 11.7. The van der Waals surface area contributed by atoms with Crippen LogP contribution in [-0.2, 0) is 5.88 Å². The van der Waals surface area contributed by atoms with Gasteiger partial charge in [0.15, 0.2) is 5.75 Å². The Morgan fingerprint density at radius 3 is 2.57 bits per heavy atom. The zero-order valence-corrected chi connectivity index (χ0v) is 7.45. The van der Waals surface area contributed by atoms with Gasteiger partial charge in [0.2, 0.25) is 5.43 Å². The van der Waals surface area contributed by atoms with Crippen LogP contribution in [0.15, 0.2) is 17.2 Å². The highest BCUT2D eigenvalue weighted by Gasteiger charge is 2.32. The SMILES string of the molecule is O=c1c(CCl)c[nH]cc1OC(F)(F)F. The highest BCUT2D eigenvalue weighted by atomic mass is 35.5. The van der Waals surface area contributed by atoms with Crippen molar-refractivity contribution in [1.29, 1.82) is 0 Å². The number of pyridine rings is 1. The van der Waals surface area contributed by atoms with Crippen molar-refractivity contribution in [2.45, 2.75) is 12.2 Å². The van der Waals surface area contributed by atoms with Gasteiger partial charge in [-0.15, -0.1) is 24.8 Å². The summed E-state index contributed by atoms with van der Waals surface area (Å²) in [5, 5.41) is 0. The van der Waals surface area contributed by atoms with E-state index in [4.69, 9.17) is 11.6 Å². The normalized spacial score (nSPS) is 11.4. The lowest BCUT2D eigenvalue weighted by Crippen LogP contribution is -2.23. The molecule has 1 heterocycles. The van der Waals surface area contributed by atoms with E-state index in [1.807, 2.05) is 0 Å². The summed E-state index contributed by atoms with van der Waals surface area (Å²) in [5.74, 6) is -0.986. The maximum Gasteiger partial charge on any atom is 0.573 e. The molecule has 0 fully saturated rings. The van der Waals surface area contributed by atoms with Crippen LogP contribution in [0.2, 0.25) is 0 Å². The lowest BCUT2D eigenvalue weighted by Gasteiger charge is -2.07. The number of hydrogen-bond donors (Lipinski definition) is 1. The Hall–Kier alpha value is -1.17. The van der Waals surface area contributed by atoms with E-state index in [0.717, 1.165) is 6.20 Å². The van der Waals surface area contributed by atoms with E-state index in [-0.39, 0.29) is 11.4 Å². The standard InChI is InChI=1S/C7H5ClF3NO2/c8-1-4-2-12-3-5(6(4)13)14-7(9,10)11/h2-3H,1H2,(H,12,13). The Bertz CT molecular complexity index is 374. The second kappa shape index (κ2) is 3.91. The van der Waals surface area contributed by atoms with Crippen molar-refractivity contribution < 1.29 is 17.9 Å². The predicted molar refractivity (Wildman–Crippen MR) is 43.3 cm³/mol. The molecule has 14 heavy (non-hydrogen) atoms. The molecule has 78 valence electrons. The molecule has 1 N–H and O–H groups in total. The predicted octanol–water partition coefficient (Wildman–Crippen LogP) is 2.01. The molecule has 0 atom stereocenters. The Kier molecular flexibility index (Phi) is 3.05. The summed E-state index contributed by atoms with van der Waals surface area (Å²) in [6.07, 6.45) is -2.83. The number of ether oxygens (including phenoxy) is 1. The van der Waals surface area contributed by atoms with Gasteiger partial charge in [-0.2, -0.15) is 0 Å². The van der Waals surface area contributed by atoms with Gasteiger partial charge in [-0.05, 0) is 0 Å². The minimum Gasteiger partial charge on any atom is -0.400 e. The number of hydrogen-bond acceptors (Lipinski definition) is 2. The fourth-order valence-corrected chi connectivity index (χ4v) is 1.01. The molecule has 0 amide bonds. The van der Waals surface area contributed by atoms with Gasteiger partial charge in [0, 0.05) is 18.0 Å². The molecule has 0 aliphatic rings. The quantitative estimate of drug-likeness (QED) is 0.786. The fourth-order valence-electron chi connectivity index (χ4n) is 0.807. The van der Waals surface area contributed by atoms with Gasteiger partial charge in [-0.3, -0.25) is 4.79 Å². The number of H-pyrrole nitrogens is 1. The van der Waals surface area contributed by atoms with Crippen LogP contribution < -0.4 is 10.2 Å². The number of halogens is 4. The van der Waals surface area contributed by atoms with Crippen LogP contribution >= 0.6 is 11.6 Å². The van der Waals surface area contributed by atoms with Crippen molar-refractivity contribution in [1.82, 2.24) is 4.98 Å². The van der Waals surface area contributed by atoms with Gasteiger partial charge in [0.05, 0.1) is 5.88 Å². The summed E-state index contributed by atoms with van der Waals surface area (Å²) >= 11 is 5.32. The van der Waals surface area contributed by atoms with E-state index >= 15 is 0 Å². The summed E-state index contributed by atoms with van der Waals surface area (Å²) in [7, 11) is 0. The molecule has 0 aliphatic heterocycles. The topological polar surface area (TPSA) is 42.1 Å². The third kappa shape index (κ3) is 2.66. The molecule has 1 aromatic heterocycles. The first-order chi connectivity index (χ1) is 6.44. The van der Waals surface area contributed by atoms with E-state index in [1.54, 1.807) is 0 Å². The Morgan fingerprint density at radius 2 is 2.07 bits per heavy atom. The van der Waals surface area contributed by atoms with Crippen molar-refractivity contribution in [3.8, 4) is 5.75 Å². The monoisotopic (exact) mass is 227 g/mol. The molecule has 0 aliphatic carbocycles. The summed E-state index contributed by atoms with van der Waals surface area (Å²) < 4.78 is 38.7. The van der Waals surface area contributed by atoms with Crippen LogP contribution in [0, 0.1) is 0 Å². The average Bonchev–Trinajstić information content (AvgIpc) is 2.06. The number of aromatic amines is 1. The molecular weight excluding hydrogens is 223 g/mol. The van der Waals surface area contributed by atoms with Gasteiger partial charge < -0.3 is 9.72 Å². The highest BCUT2D eigenvalue weighted by molar-refractivity contribution is 6.17. The summed E-state index contributed by atoms with van der Waals surface area (Å²) in [4.78, 5) is 13.5. The van der Waals surface area contributed by atoms with Crippen molar-refractivity contribution >= 4 is 11.6 Å². The summed E-state index contributed by atoms with van der Waals surface area (Å²) in [5.41, 5.74) is -0.843. The maximum absolute atomic E-state index is 11.7. The Labute approximate surface area is 81.5 Å². The molecule has 0 spiro atoms. The van der Waals surface area contributed by atoms with Gasteiger partial charge in [-0.25, -0.2) is 0 Å². The minimum atomic E-state index is -4.88. The average molecular weight is 228 g/mol. The van der Waals surface area contributed by atoms with Crippen molar-refractivity contribution in [2.24, 2.45) is 0 Å². The second-order valence-corrected chi connectivity index (χ2v) is 2.62. The van der Waals surface area contributed by atoms with Gasteiger partial charge in [0.1, 0.15) is 0 Å². The molecule has 3 nitrogen and oxygen atoms in total. The number of nitrogens with one attached hydrogen (secondary N) is 1.